The minimum Gasteiger partial charge on any atom is -0.508 e. The molecule has 3 aromatic rings. The number of unbranched alkanes of at least 4 members (excludes halogenated alkanes) is 2. The summed E-state index contributed by atoms with van der Waals surface area (Å²) in [6, 6.07) is 16.9. The van der Waals surface area contributed by atoms with Crippen LogP contribution in [0.25, 0.3) is 11.4 Å². The van der Waals surface area contributed by atoms with E-state index in [9.17, 15) is 9.90 Å². The molecule has 0 amide bonds. The van der Waals surface area contributed by atoms with E-state index >= 15 is 0 Å². The van der Waals surface area contributed by atoms with Gasteiger partial charge in [-0.3, -0.25) is 19.7 Å². The van der Waals surface area contributed by atoms with Crippen LogP contribution in [0.4, 0.5) is 0 Å². The van der Waals surface area contributed by atoms with Gasteiger partial charge in [-0.25, -0.2) is 4.98 Å². The third-order valence-electron chi connectivity index (χ3n) is 6.95. The van der Waals surface area contributed by atoms with E-state index in [1.54, 1.807) is 6.07 Å². The Morgan fingerprint density at radius 3 is 2.50 bits per heavy atom. The summed E-state index contributed by atoms with van der Waals surface area (Å²) in [6.45, 7) is 13.3. The summed E-state index contributed by atoms with van der Waals surface area (Å²) in [4.78, 5) is 19.1. The van der Waals surface area contributed by atoms with Gasteiger partial charge >= 0.3 is 5.97 Å². The van der Waals surface area contributed by atoms with E-state index in [2.05, 4.69) is 82.7 Å². The predicted molar refractivity (Wildman–Crippen MR) is 151 cm³/mol. The number of nitrogens with zero attached hydrogens (tertiary/aromatic N) is 4. The molecule has 0 spiro atoms. The number of phenolic OH excluding ortho intramolecular Hbond substituents is 1. The molecule has 1 aromatic heterocycles. The van der Waals surface area contributed by atoms with Gasteiger partial charge in [0.2, 0.25) is 0 Å². The number of H-pyrrole nitrogens is 1. The number of carboxylic acids is 1. The van der Waals surface area contributed by atoms with Crippen molar-refractivity contribution in [2.45, 2.75) is 64.6 Å². The van der Waals surface area contributed by atoms with Gasteiger partial charge in [0.15, 0.2) is 5.82 Å². The Balaban J connectivity index is 0.000000436. The molecule has 4 rings (SSSR count). The Bertz CT molecular complexity index is 1130. The first-order valence-electron chi connectivity index (χ1n) is 13.4. The first-order chi connectivity index (χ1) is 18.3. The zero-order chi connectivity index (χ0) is 27.5. The number of hydrogen-bond acceptors (Lipinski definition) is 6. The third-order valence-corrected chi connectivity index (χ3v) is 6.95. The second-order valence-electron chi connectivity index (χ2n) is 9.94. The van der Waals surface area contributed by atoms with Crippen LogP contribution in [0, 0.1) is 0 Å². The number of carbonyl (C=O) groups is 1. The molecule has 0 bridgehead atoms. The van der Waals surface area contributed by atoms with Crippen molar-refractivity contribution in [3.8, 4) is 17.1 Å². The number of hydrogen-bond donors (Lipinski definition) is 3. The highest BCUT2D eigenvalue weighted by Gasteiger charge is 2.34. The summed E-state index contributed by atoms with van der Waals surface area (Å²) in [7, 11) is 0. The van der Waals surface area contributed by atoms with Crippen LogP contribution in [0.5, 0.6) is 5.75 Å². The van der Waals surface area contributed by atoms with Crippen molar-refractivity contribution in [2.24, 2.45) is 0 Å². The smallest absolute Gasteiger partial charge is 0.303 e. The lowest BCUT2D eigenvalue weighted by atomic mass is 9.92. The van der Waals surface area contributed by atoms with E-state index in [1.807, 2.05) is 18.2 Å². The number of piperazine rings is 1. The molecule has 8 nitrogen and oxygen atoms in total. The molecule has 1 aliphatic rings. The predicted octanol–water partition coefficient (Wildman–Crippen LogP) is 5.50. The van der Waals surface area contributed by atoms with Gasteiger partial charge in [-0.15, -0.1) is 6.58 Å². The van der Waals surface area contributed by atoms with Crippen molar-refractivity contribution in [1.82, 2.24) is 25.0 Å². The standard InChI is InChI=1S/C24H29N5O.C6H12O2/c1-4-12-28-14-18(3)29(15-17(28)2)23(21-6-5-7-22(30)13-21)19-8-10-20(11-9-19)24-25-16-26-27-24;1-2-3-4-5-6(7)8/h4-11,13,16-18,23,30H,1,12,14-15H2,2-3H3,(H,25,26,27);2-5H2,1H3,(H,7,8)/t17-,18+,23-;/m1./s1. The average Bonchev–Trinajstić information content (AvgIpc) is 3.43. The van der Waals surface area contributed by atoms with Crippen molar-refractivity contribution >= 4 is 5.97 Å². The summed E-state index contributed by atoms with van der Waals surface area (Å²) >= 11 is 0. The summed E-state index contributed by atoms with van der Waals surface area (Å²) in [5.74, 6) is 0.371. The van der Waals surface area contributed by atoms with Gasteiger partial charge in [0.05, 0.1) is 6.04 Å². The van der Waals surface area contributed by atoms with E-state index in [1.165, 1.54) is 11.9 Å². The first-order valence-corrected chi connectivity index (χ1v) is 13.4. The zero-order valence-corrected chi connectivity index (χ0v) is 22.8. The number of carboxylic acid groups (broad SMARTS) is 1. The molecule has 8 heteroatoms. The maximum absolute atomic E-state index is 10.1. The Labute approximate surface area is 226 Å². The van der Waals surface area contributed by atoms with Crippen LogP contribution in [0.15, 0.2) is 67.5 Å². The largest absolute Gasteiger partial charge is 0.508 e. The van der Waals surface area contributed by atoms with Crippen molar-refractivity contribution in [1.29, 1.82) is 0 Å². The topological polar surface area (TPSA) is 106 Å². The molecule has 0 unspecified atom stereocenters. The Morgan fingerprint density at radius 1 is 1.13 bits per heavy atom. The van der Waals surface area contributed by atoms with E-state index in [0.29, 0.717) is 24.3 Å². The monoisotopic (exact) mass is 519 g/mol. The SMILES string of the molecule is C=CCN1C[C@H](C)N([C@H](c2ccc(-c3ncn[nH]3)cc2)c2cccc(O)c2)C[C@H]1C.CCCCCC(=O)O. The summed E-state index contributed by atoms with van der Waals surface area (Å²) < 4.78 is 0. The first kappa shape index (κ1) is 29.1. The van der Waals surface area contributed by atoms with Crippen molar-refractivity contribution in [3.05, 3.63) is 78.6 Å². The third kappa shape index (κ3) is 8.00. The molecular weight excluding hydrogens is 478 g/mol. The van der Waals surface area contributed by atoms with Crippen LogP contribution < -0.4 is 0 Å². The second kappa shape index (κ2) is 14.4. The van der Waals surface area contributed by atoms with E-state index < -0.39 is 5.97 Å². The van der Waals surface area contributed by atoms with Crippen LogP contribution in [0.1, 0.15) is 63.6 Å². The Morgan fingerprint density at radius 2 is 1.89 bits per heavy atom. The van der Waals surface area contributed by atoms with Gasteiger partial charge in [0.1, 0.15) is 12.1 Å². The summed E-state index contributed by atoms with van der Waals surface area (Å²) in [6.07, 6.45) is 6.78. The fourth-order valence-corrected chi connectivity index (χ4v) is 4.97. The lowest BCUT2D eigenvalue weighted by Gasteiger charge is -2.47. The summed E-state index contributed by atoms with van der Waals surface area (Å²) in [5.41, 5.74) is 3.29. The molecule has 1 aliphatic heterocycles. The lowest BCUT2D eigenvalue weighted by Crippen LogP contribution is -2.57. The Hall–Kier alpha value is -3.49. The molecule has 2 aromatic carbocycles. The zero-order valence-electron chi connectivity index (χ0n) is 22.8. The molecule has 2 heterocycles. The molecule has 1 fully saturated rings. The van der Waals surface area contributed by atoms with Gasteiger partial charge in [-0.1, -0.05) is 62.2 Å². The van der Waals surface area contributed by atoms with Crippen molar-refractivity contribution < 1.29 is 15.0 Å². The minimum atomic E-state index is -0.682. The van der Waals surface area contributed by atoms with Gasteiger partial charge in [-0.2, -0.15) is 5.10 Å². The molecule has 0 radical (unpaired) electrons. The lowest BCUT2D eigenvalue weighted by molar-refractivity contribution is -0.137. The maximum atomic E-state index is 10.1. The average molecular weight is 520 g/mol. The molecule has 0 saturated carbocycles. The number of aromatic amines is 1. The van der Waals surface area contributed by atoms with Gasteiger partial charge in [-0.05, 0) is 43.5 Å². The van der Waals surface area contributed by atoms with Crippen LogP contribution in [-0.4, -0.2) is 72.9 Å². The highest BCUT2D eigenvalue weighted by molar-refractivity contribution is 5.66. The molecule has 0 aliphatic carbocycles. The van der Waals surface area contributed by atoms with Crippen molar-refractivity contribution in [3.63, 3.8) is 0 Å². The maximum Gasteiger partial charge on any atom is 0.303 e. The fraction of sp³-hybridized carbons (Fsp3) is 0.433. The number of nitrogens with one attached hydrogen (secondary N) is 1. The van der Waals surface area contributed by atoms with Crippen LogP contribution >= 0.6 is 0 Å². The molecule has 1 saturated heterocycles. The van der Waals surface area contributed by atoms with E-state index in [0.717, 1.165) is 55.8 Å². The second-order valence-corrected chi connectivity index (χ2v) is 9.94. The van der Waals surface area contributed by atoms with Crippen molar-refractivity contribution in [2.75, 3.05) is 19.6 Å². The van der Waals surface area contributed by atoms with Gasteiger partial charge in [0, 0.05) is 43.7 Å². The number of rotatable bonds is 10. The molecule has 3 atom stereocenters. The number of phenols is 1. The molecule has 3 N–H and O–H groups in total. The van der Waals surface area contributed by atoms with Crippen LogP contribution in [0.3, 0.4) is 0 Å². The summed E-state index contributed by atoms with van der Waals surface area (Å²) in [5, 5.41) is 25.1. The van der Waals surface area contributed by atoms with Crippen LogP contribution in [0.2, 0.25) is 0 Å². The number of aliphatic carboxylic acids is 1. The molecule has 38 heavy (non-hydrogen) atoms. The number of aromatic nitrogens is 3. The number of benzene rings is 2. The minimum absolute atomic E-state index is 0.0595. The normalized spacial score (nSPS) is 18.8. The van der Waals surface area contributed by atoms with E-state index in [-0.39, 0.29) is 6.04 Å². The van der Waals surface area contributed by atoms with Crippen LogP contribution in [-0.2, 0) is 4.79 Å². The highest BCUT2D eigenvalue weighted by atomic mass is 16.4. The fourth-order valence-electron chi connectivity index (χ4n) is 4.97. The van der Waals surface area contributed by atoms with Gasteiger partial charge < -0.3 is 10.2 Å². The Kier molecular flexibility index (Phi) is 11.1. The quantitative estimate of drug-likeness (QED) is 0.240. The molecular formula is C30H41N5O3. The van der Waals surface area contributed by atoms with Gasteiger partial charge in [0.25, 0.3) is 0 Å². The number of aromatic hydroxyl groups is 1. The van der Waals surface area contributed by atoms with E-state index in [4.69, 9.17) is 5.11 Å². The molecule has 204 valence electrons. The highest BCUT2D eigenvalue weighted by Crippen LogP contribution is 2.35.